The molecule has 0 aromatic heterocycles. The molecule has 0 radical (unpaired) electrons. The van der Waals surface area contributed by atoms with E-state index in [-0.39, 0.29) is 0 Å². The maximum absolute atomic E-state index is 10.5. The third-order valence-electron chi connectivity index (χ3n) is 2.67. The Labute approximate surface area is 87.0 Å². The molecule has 0 rings (SSSR count). The summed E-state index contributed by atoms with van der Waals surface area (Å²) in [4.78, 5) is 10.5. The minimum Gasteiger partial charge on any atom is -0.481 e. The summed E-state index contributed by atoms with van der Waals surface area (Å²) in [7, 11) is 0. The molecule has 0 aliphatic rings. The normalized spacial score (nSPS) is 14.1. The lowest BCUT2D eigenvalue weighted by Crippen LogP contribution is -2.06. The van der Waals surface area contributed by atoms with E-state index in [1.807, 2.05) is 0 Å². The molecule has 2 nitrogen and oxygen atoms in total. The van der Waals surface area contributed by atoms with Crippen molar-refractivity contribution in [1.82, 2.24) is 0 Å². The standard InChI is InChI=1S/C12H22O2/c1-4-10(3)7-6-8-11(5-2)9-12(13)14/h7,11H,4-6,8-9H2,1-3H3,(H,13,14). The predicted octanol–water partition coefficient (Wildman–Crippen LogP) is 3.62. The Morgan fingerprint density at radius 3 is 2.50 bits per heavy atom. The molecular formula is C12H22O2. The zero-order valence-corrected chi connectivity index (χ0v) is 9.55. The van der Waals surface area contributed by atoms with Gasteiger partial charge in [0.1, 0.15) is 0 Å². The molecule has 1 atom stereocenters. The van der Waals surface area contributed by atoms with Crippen LogP contribution in [-0.4, -0.2) is 11.1 Å². The Bertz CT molecular complexity index is 194. The SMILES string of the molecule is CCC(C)=CCCC(CC)CC(=O)O. The lowest BCUT2D eigenvalue weighted by Gasteiger charge is -2.10. The van der Waals surface area contributed by atoms with Gasteiger partial charge >= 0.3 is 5.97 Å². The average molecular weight is 198 g/mol. The fraction of sp³-hybridized carbons (Fsp3) is 0.750. The molecule has 1 N–H and O–H groups in total. The lowest BCUT2D eigenvalue weighted by molar-refractivity contribution is -0.138. The molecule has 0 saturated carbocycles. The number of hydrogen-bond donors (Lipinski definition) is 1. The van der Waals surface area contributed by atoms with Crippen LogP contribution in [-0.2, 0) is 4.79 Å². The highest BCUT2D eigenvalue weighted by Gasteiger charge is 2.09. The smallest absolute Gasteiger partial charge is 0.303 e. The fourth-order valence-electron chi connectivity index (χ4n) is 1.41. The highest BCUT2D eigenvalue weighted by Crippen LogP contribution is 2.16. The van der Waals surface area contributed by atoms with Gasteiger partial charge in [0, 0.05) is 6.42 Å². The first-order chi connectivity index (χ1) is 6.60. The van der Waals surface area contributed by atoms with Gasteiger partial charge in [-0.3, -0.25) is 4.79 Å². The molecule has 2 heteroatoms. The summed E-state index contributed by atoms with van der Waals surface area (Å²) in [5.74, 6) is -0.332. The summed E-state index contributed by atoms with van der Waals surface area (Å²) in [6, 6.07) is 0. The number of carbonyl (C=O) groups is 1. The molecule has 0 heterocycles. The van der Waals surface area contributed by atoms with Crippen LogP contribution in [0.15, 0.2) is 11.6 Å². The topological polar surface area (TPSA) is 37.3 Å². The van der Waals surface area contributed by atoms with E-state index in [2.05, 4.69) is 26.8 Å². The summed E-state index contributed by atoms with van der Waals surface area (Å²) in [5, 5.41) is 8.65. The molecule has 0 amide bonds. The summed E-state index contributed by atoms with van der Waals surface area (Å²) in [6.45, 7) is 6.32. The second kappa shape index (κ2) is 7.60. The predicted molar refractivity (Wildman–Crippen MR) is 59.3 cm³/mol. The first kappa shape index (κ1) is 13.2. The second-order valence-electron chi connectivity index (χ2n) is 3.85. The van der Waals surface area contributed by atoms with E-state index in [0.717, 1.165) is 25.7 Å². The van der Waals surface area contributed by atoms with Crippen LogP contribution in [0.4, 0.5) is 0 Å². The Kier molecular flexibility index (Phi) is 7.17. The number of carboxylic acids is 1. The molecule has 0 aliphatic heterocycles. The molecule has 0 aromatic rings. The van der Waals surface area contributed by atoms with E-state index < -0.39 is 5.97 Å². The van der Waals surface area contributed by atoms with Crippen molar-refractivity contribution >= 4 is 5.97 Å². The molecule has 14 heavy (non-hydrogen) atoms. The Morgan fingerprint density at radius 1 is 1.43 bits per heavy atom. The van der Waals surface area contributed by atoms with Crippen molar-refractivity contribution < 1.29 is 9.90 Å². The summed E-state index contributed by atoms with van der Waals surface area (Å²) < 4.78 is 0. The quantitative estimate of drug-likeness (QED) is 0.634. The summed E-state index contributed by atoms with van der Waals surface area (Å²) in [6.07, 6.45) is 6.62. The molecule has 82 valence electrons. The van der Waals surface area contributed by atoms with Gasteiger partial charge in [0.05, 0.1) is 0 Å². The van der Waals surface area contributed by atoms with Crippen molar-refractivity contribution in [3.8, 4) is 0 Å². The first-order valence-corrected chi connectivity index (χ1v) is 5.47. The van der Waals surface area contributed by atoms with Crippen LogP contribution >= 0.6 is 0 Å². The molecule has 0 aliphatic carbocycles. The minimum atomic E-state index is -0.673. The molecule has 0 saturated heterocycles. The van der Waals surface area contributed by atoms with Crippen LogP contribution < -0.4 is 0 Å². The fourth-order valence-corrected chi connectivity index (χ4v) is 1.41. The van der Waals surface area contributed by atoms with Gasteiger partial charge in [-0.1, -0.05) is 31.9 Å². The highest BCUT2D eigenvalue weighted by molar-refractivity contribution is 5.66. The average Bonchev–Trinajstić information content (AvgIpc) is 2.15. The molecule has 0 bridgehead atoms. The summed E-state index contributed by atoms with van der Waals surface area (Å²) >= 11 is 0. The van der Waals surface area contributed by atoms with Gasteiger partial charge in [0.25, 0.3) is 0 Å². The van der Waals surface area contributed by atoms with Crippen LogP contribution in [0, 0.1) is 5.92 Å². The van der Waals surface area contributed by atoms with Gasteiger partial charge in [-0.25, -0.2) is 0 Å². The Balaban J connectivity index is 3.78. The van der Waals surface area contributed by atoms with Crippen molar-refractivity contribution in [3.63, 3.8) is 0 Å². The van der Waals surface area contributed by atoms with Gasteiger partial charge in [-0.15, -0.1) is 0 Å². The summed E-state index contributed by atoms with van der Waals surface area (Å²) in [5.41, 5.74) is 1.40. The van der Waals surface area contributed by atoms with Gasteiger partial charge in [0.2, 0.25) is 0 Å². The number of allylic oxidation sites excluding steroid dienone is 2. The van der Waals surface area contributed by atoms with Gasteiger partial charge in [-0.05, 0) is 32.1 Å². The van der Waals surface area contributed by atoms with E-state index in [1.54, 1.807) is 0 Å². The molecular weight excluding hydrogens is 176 g/mol. The monoisotopic (exact) mass is 198 g/mol. The molecule has 0 aromatic carbocycles. The van der Waals surface area contributed by atoms with Gasteiger partial charge in [-0.2, -0.15) is 0 Å². The number of hydrogen-bond acceptors (Lipinski definition) is 1. The van der Waals surface area contributed by atoms with Crippen LogP contribution in [0.1, 0.15) is 52.9 Å². The van der Waals surface area contributed by atoms with E-state index in [0.29, 0.717) is 12.3 Å². The van der Waals surface area contributed by atoms with Gasteiger partial charge < -0.3 is 5.11 Å². The van der Waals surface area contributed by atoms with Crippen molar-refractivity contribution in [2.24, 2.45) is 5.92 Å². The van der Waals surface area contributed by atoms with Crippen LogP contribution in [0.2, 0.25) is 0 Å². The Morgan fingerprint density at radius 2 is 2.07 bits per heavy atom. The third-order valence-corrected chi connectivity index (χ3v) is 2.67. The van der Waals surface area contributed by atoms with Crippen molar-refractivity contribution in [2.75, 3.05) is 0 Å². The van der Waals surface area contributed by atoms with Crippen molar-refractivity contribution in [3.05, 3.63) is 11.6 Å². The third kappa shape index (κ3) is 6.70. The van der Waals surface area contributed by atoms with Crippen LogP contribution in [0.25, 0.3) is 0 Å². The largest absolute Gasteiger partial charge is 0.481 e. The maximum Gasteiger partial charge on any atom is 0.303 e. The second-order valence-corrected chi connectivity index (χ2v) is 3.85. The number of rotatable bonds is 7. The number of aliphatic carboxylic acids is 1. The van der Waals surface area contributed by atoms with E-state index in [1.165, 1.54) is 5.57 Å². The first-order valence-electron chi connectivity index (χ1n) is 5.47. The van der Waals surface area contributed by atoms with E-state index in [9.17, 15) is 4.79 Å². The molecule has 0 fully saturated rings. The molecule has 0 spiro atoms. The van der Waals surface area contributed by atoms with E-state index >= 15 is 0 Å². The number of carboxylic acid groups (broad SMARTS) is 1. The van der Waals surface area contributed by atoms with Crippen molar-refractivity contribution in [2.45, 2.75) is 52.9 Å². The Hall–Kier alpha value is -0.790. The van der Waals surface area contributed by atoms with Crippen LogP contribution in [0.3, 0.4) is 0 Å². The van der Waals surface area contributed by atoms with Crippen LogP contribution in [0.5, 0.6) is 0 Å². The molecule has 1 unspecified atom stereocenters. The zero-order chi connectivity index (χ0) is 11.0. The minimum absolute atomic E-state index is 0.315. The van der Waals surface area contributed by atoms with Crippen molar-refractivity contribution in [1.29, 1.82) is 0 Å². The highest BCUT2D eigenvalue weighted by atomic mass is 16.4. The lowest BCUT2D eigenvalue weighted by atomic mass is 9.96. The van der Waals surface area contributed by atoms with E-state index in [4.69, 9.17) is 5.11 Å². The maximum atomic E-state index is 10.5. The van der Waals surface area contributed by atoms with Gasteiger partial charge in [0.15, 0.2) is 0 Å². The zero-order valence-electron chi connectivity index (χ0n) is 9.55.